The number of halogens is 2. The molecule has 1 rings (SSSR count). The normalized spacial score (nSPS) is 10.2. The van der Waals surface area contributed by atoms with Crippen molar-refractivity contribution in [1.82, 2.24) is 5.32 Å². The zero-order valence-corrected chi connectivity index (χ0v) is 8.42. The van der Waals surface area contributed by atoms with Crippen LogP contribution in [0.15, 0.2) is 16.8 Å². The summed E-state index contributed by atoms with van der Waals surface area (Å²) in [5.74, 6) is -0.137. The summed E-state index contributed by atoms with van der Waals surface area (Å²) >= 11 is 12.3. The molecule has 12 heavy (non-hydrogen) atoms. The van der Waals surface area contributed by atoms with Gasteiger partial charge in [0.2, 0.25) is 0 Å². The lowest BCUT2D eigenvalue weighted by Crippen LogP contribution is -2.27. The molecule has 0 atom stereocenters. The minimum Gasteiger partial charge on any atom is -0.349 e. The van der Waals surface area contributed by atoms with Crippen molar-refractivity contribution in [1.29, 1.82) is 0 Å². The van der Waals surface area contributed by atoms with Crippen LogP contribution in [0.4, 0.5) is 0 Å². The van der Waals surface area contributed by atoms with Crippen molar-refractivity contribution < 1.29 is 4.79 Å². The summed E-state index contributed by atoms with van der Waals surface area (Å²) in [6.45, 7) is 0.276. The van der Waals surface area contributed by atoms with Gasteiger partial charge in [-0.05, 0) is 11.4 Å². The average Bonchev–Trinajstić information content (AvgIpc) is 2.51. The van der Waals surface area contributed by atoms with Gasteiger partial charge in [-0.15, -0.1) is 23.2 Å². The number of rotatable bonds is 3. The van der Waals surface area contributed by atoms with Gasteiger partial charge < -0.3 is 5.32 Å². The second kappa shape index (κ2) is 4.70. The van der Waals surface area contributed by atoms with Gasteiger partial charge in [0.1, 0.15) is 4.84 Å². The van der Waals surface area contributed by atoms with E-state index in [9.17, 15) is 4.79 Å². The topological polar surface area (TPSA) is 29.1 Å². The number of hydrogen-bond donors (Lipinski definition) is 1. The summed E-state index contributed by atoms with van der Waals surface area (Å²) < 4.78 is 0. The molecule has 66 valence electrons. The fourth-order valence-electron chi connectivity index (χ4n) is 0.666. The molecule has 0 aromatic carbocycles. The third-order valence-electron chi connectivity index (χ3n) is 1.20. The first kappa shape index (κ1) is 9.84. The Morgan fingerprint density at radius 1 is 1.67 bits per heavy atom. The number of nitrogens with one attached hydrogen (secondary N) is 1. The van der Waals surface area contributed by atoms with Crippen LogP contribution in [0, 0.1) is 0 Å². The highest BCUT2D eigenvalue weighted by atomic mass is 35.5. The number of carbonyl (C=O) groups is 1. The Bertz CT molecular complexity index is 248. The predicted octanol–water partition coefficient (Wildman–Crippen LogP) is 2.28. The number of amides is 1. The Hall–Kier alpha value is -0.250. The van der Waals surface area contributed by atoms with Gasteiger partial charge in [-0.25, -0.2) is 0 Å². The zero-order chi connectivity index (χ0) is 8.97. The maximum Gasteiger partial charge on any atom is 0.252 e. The largest absolute Gasteiger partial charge is 0.349 e. The lowest BCUT2D eigenvalue weighted by Gasteiger charge is -2.02. The first-order chi connectivity index (χ1) is 5.70. The number of hydrogen-bond acceptors (Lipinski definition) is 2. The van der Waals surface area contributed by atoms with E-state index in [1.807, 2.05) is 5.38 Å². The SMILES string of the molecule is O=C(NCC(Cl)Cl)c1ccsc1. The van der Waals surface area contributed by atoms with Gasteiger partial charge >= 0.3 is 0 Å². The van der Waals surface area contributed by atoms with Crippen LogP contribution in [0.3, 0.4) is 0 Å². The highest BCUT2D eigenvalue weighted by Crippen LogP contribution is 2.06. The Morgan fingerprint density at radius 2 is 2.42 bits per heavy atom. The van der Waals surface area contributed by atoms with Gasteiger partial charge in [-0.2, -0.15) is 11.3 Å². The molecule has 0 saturated heterocycles. The van der Waals surface area contributed by atoms with Crippen molar-refractivity contribution in [3.8, 4) is 0 Å². The maximum atomic E-state index is 11.2. The van der Waals surface area contributed by atoms with Crippen LogP contribution in [-0.2, 0) is 0 Å². The Balaban J connectivity index is 2.40. The molecule has 5 heteroatoms. The lowest BCUT2D eigenvalue weighted by atomic mass is 10.3. The van der Waals surface area contributed by atoms with Crippen LogP contribution >= 0.6 is 34.5 Å². The molecular weight excluding hydrogens is 217 g/mol. The molecule has 0 fully saturated rings. The van der Waals surface area contributed by atoms with Crippen molar-refractivity contribution in [2.45, 2.75) is 4.84 Å². The molecule has 1 heterocycles. The Kier molecular flexibility index (Phi) is 3.85. The van der Waals surface area contributed by atoms with Crippen molar-refractivity contribution in [3.05, 3.63) is 22.4 Å². The second-order valence-corrected chi connectivity index (χ2v) is 4.17. The van der Waals surface area contributed by atoms with Gasteiger partial charge in [0.25, 0.3) is 5.91 Å². The van der Waals surface area contributed by atoms with Crippen LogP contribution in [0.25, 0.3) is 0 Å². The molecule has 2 nitrogen and oxygen atoms in total. The van der Waals surface area contributed by atoms with Gasteiger partial charge in [0.15, 0.2) is 0 Å². The summed E-state index contributed by atoms with van der Waals surface area (Å²) in [7, 11) is 0. The van der Waals surface area contributed by atoms with E-state index in [0.29, 0.717) is 5.56 Å². The molecule has 0 aliphatic heterocycles. The highest BCUT2D eigenvalue weighted by Gasteiger charge is 2.06. The summed E-state index contributed by atoms with van der Waals surface area (Å²) in [4.78, 5) is 10.6. The van der Waals surface area contributed by atoms with Gasteiger partial charge in [0, 0.05) is 17.5 Å². The summed E-state index contributed by atoms with van der Waals surface area (Å²) in [5, 5.41) is 6.20. The molecule has 0 bridgehead atoms. The molecule has 0 unspecified atom stereocenters. The molecule has 0 spiro atoms. The first-order valence-corrected chi connectivity index (χ1v) is 5.10. The van der Waals surface area contributed by atoms with Crippen molar-refractivity contribution in [3.63, 3.8) is 0 Å². The summed E-state index contributed by atoms with van der Waals surface area (Å²) in [6.07, 6.45) is 0. The minimum atomic E-state index is -0.549. The van der Waals surface area contributed by atoms with Crippen LogP contribution in [0.5, 0.6) is 0 Å². The van der Waals surface area contributed by atoms with E-state index in [4.69, 9.17) is 23.2 Å². The van der Waals surface area contributed by atoms with E-state index in [1.165, 1.54) is 11.3 Å². The van der Waals surface area contributed by atoms with E-state index >= 15 is 0 Å². The molecule has 0 saturated carbocycles. The van der Waals surface area contributed by atoms with Crippen LogP contribution in [0.2, 0.25) is 0 Å². The fourth-order valence-corrected chi connectivity index (χ4v) is 1.46. The zero-order valence-electron chi connectivity index (χ0n) is 6.09. The summed E-state index contributed by atoms with van der Waals surface area (Å²) in [6, 6.07) is 1.75. The Labute approximate surface area is 84.5 Å². The number of alkyl halides is 2. The Morgan fingerprint density at radius 3 is 2.92 bits per heavy atom. The van der Waals surface area contributed by atoms with Gasteiger partial charge in [0.05, 0.1) is 0 Å². The first-order valence-electron chi connectivity index (χ1n) is 3.28. The monoisotopic (exact) mass is 223 g/mol. The third-order valence-corrected chi connectivity index (χ3v) is 2.19. The van der Waals surface area contributed by atoms with Crippen LogP contribution in [-0.4, -0.2) is 17.3 Å². The van der Waals surface area contributed by atoms with Gasteiger partial charge in [-0.1, -0.05) is 0 Å². The molecule has 0 aliphatic carbocycles. The molecule has 0 radical (unpaired) electrons. The fraction of sp³-hybridized carbons (Fsp3) is 0.286. The number of carbonyl (C=O) groups excluding carboxylic acids is 1. The van der Waals surface area contributed by atoms with Crippen molar-refractivity contribution in [2.75, 3.05) is 6.54 Å². The molecule has 1 aromatic rings. The lowest BCUT2D eigenvalue weighted by molar-refractivity contribution is 0.0955. The van der Waals surface area contributed by atoms with E-state index in [2.05, 4.69) is 5.32 Å². The summed E-state index contributed by atoms with van der Waals surface area (Å²) in [5.41, 5.74) is 0.647. The smallest absolute Gasteiger partial charge is 0.252 e. The second-order valence-electron chi connectivity index (χ2n) is 2.11. The quantitative estimate of drug-likeness (QED) is 0.784. The van der Waals surface area contributed by atoms with E-state index in [-0.39, 0.29) is 12.5 Å². The van der Waals surface area contributed by atoms with E-state index in [1.54, 1.807) is 11.4 Å². The molecule has 1 N–H and O–H groups in total. The molecule has 1 amide bonds. The minimum absolute atomic E-state index is 0.137. The van der Waals surface area contributed by atoms with E-state index < -0.39 is 4.84 Å². The molecule has 0 aliphatic rings. The standard InChI is InChI=1S/C7H7Cl2NOS/c8-6(9)3-10-7(11)5-1-2-12-4-5/h1-2,4,6H,3H2,(H,10,11). The maximum absolute atomic E-state index is 11.2. The average molecular weight is 224 g/mol. The predicted molar refractivity (Wildman–Crippen MR) is 52.1 cm³/mol. The molecular formula is C7H7Cl2NOS. The highest BCUT2D eigenvalue weighted by molar-refractivity contribution is 7.08. The van der Waals surface area contributed by atoms with Crippen molar-refractivity contribution in [2.24, 2.45) is 0 Å². The van der Waals surface area contributed by atoms with Crippen molar-refractivity contribution >= 4 is 40.4 Å². The third kappa shape index (κ3) is 3.01. The van der Waals surface area contributed by atoms with Gasteiger partial charge in [-0.3, -0.25) is 4.79 Å². The molecule has 1 aromatic heterocycles. The van der Waals surface area contributed by atoms with Crippen LogP contribution < -0.4 is 5.32 Å². The van der Waals surface area contributed by atoms with Crippen LogP contribution in [0.1, 0.15) is 10.4 Å². The van der Waals surface area contributed by atoms with E-state index in [0.717, 1.165) is 0 Å². The number of thiophene rings is 1.